The highest BCUT2D eigenvalue weighted by atomic mass is 32.2. The molecule has 1 amide bonds. The van der Waals surface area contributed by atoms with Crippen molar-refractivity contribution in [1.29, 1.82) is 0 Å². The van der Waals surface area contributed by atoms with Gasteiger partial charge in [0, 0.05) is 17.8 Å². The summed E-state index contributed by atoms with van der Waals surface area (Å²) in [5.41, 5.74) is 1.03. The summed E-state index contributed by atoms with van der Waals surface area (Å²) in [4.78, 5) is 19.9. The standard InChI is InChI=1S/C16H18N4O3S/c1-11(15-8-9-17-10-18-15)20-24(22,23)14-6-2-12(3-7-14)16(21)19-13-4-5-13/h2-3,6-11,13,20H,4-5H2,1H3,(H,19,21)/t11-/m0/s1. The minimum absolute atomic E-state index is 0.103. The molecule has 1 aromatic heterocycles. The van der Waals surface area contributed by atoms with Gasteiger partial charge in [-0.2, -0.15) is 0 Å². The van der Waals surface area contributed by atoms with Crippen molar-refractivity contribution in [2.75, 3.05) is 0 Å². The summed E-state index contributed by atoms with van der Waals surface area (Å²) in [5, 5.41) is 2.86. The highest BCUT2D eigenvalue weighted by molar-refractivity contribution is 7.89. The lowest BCUT2D eigenvalue weighted by Gasteiger charge is -2.13. The van der Waals surface area contributed by atoms with E-state index < -0.39 is 16.1 Å². The van der Waals surface area contributed by atoms with Gasteiger partial charge in [0.25, 0.3) is 5.91 Å². The van der Waals surface area contributed by atoms with Crippen molar-refractivity contribution in [1.82, 2.24) is 20.0 Å². The number of carbonyl (C=O) groups is 1. The quantitative estimate of drug-likeness (QED) is 0.823. The maximum atomic E-state index is 12.4. The number of carbonyl (C=O) groups excluding carboxylic acids is 1. The highest BCUT2D eigenvalue weighted by Crippen LogP contribution is 2.20. The van der Waals surface area contributed by atoms with E-state index in [2.05, 4.69) is 20.0 Å². The van der Waals surface area contributed by atoms with E-state index in [4.69, 9.17) is 0 Å². The Morgan fingerprint density at radius 1 is 1.21 bits per heavy atom. The molecule has 1 aliphatic carbocycles. The predicted molar refractivity (Wildman–Crippen MR) is 87.7 cm³/mol. The molecule has 1 heterocycles. The molecule has 8 heteroatoms. The zero-order valence-electron chi connectivity index (χ0n) is 13.1. The number of amides is 1. The number of nitrogens with one attached hydrogen (secondary N) is 2. The van der Waals surface area contributed by atoms with Gasteiger partial charge in [-0.1, -0.05) is 0 Å². The summed E-state index contributed by atoms with van der Waals surface area (Å²) in [5.74, 6) is -0.177. The Hall–Kier alpha value is -2.32. The van der Waals surface area contributed by atoms with Crippen LogP contribution < -0.4 is 10.0 Å². The van der Waals surface area contributed by atoms with E-state index >= 15 is 0 Å². The summed E-state index contributed by atoms with van der Waals surface area (Å²) >= 11 is 0. The first-order valence-corrected chi connectivity index (χ1v) is 9.13. The molecule has 7 nitrogen and oxygen atoms in total. The van der Waals surface area contributed by atoms with E-state index in [1.54, 1.807) is 19.2 Å². The molecule has 0 spiro atoms. The van der Waals surface area contributed by atoms with Crippen LogP contribution in [0, 0.1) is 0 Å². The Bertz CT molecular complexity index is 818. The van der Waals surface area contributed by atoms with Crippen LogP contribution in [0.5, 0.6) is 0 Å². The topological polar surface area (TPSA) is 101 Å². The predicted octanol–water partition coefficient (Wildman–Crippen LogP) is 1.41. The average molecular weight is 346 g/mol. The number of hydrogen-bond donors (Lipinski definition) is 2. The average Bonchev–Trinajstić information content (AvgIpc) is 3.39. The Balaban J connectivity index is 1.71. The molecule has 1 fully saturated rings. The molecule has 0 aliphatic heterocycles. The molecule has 3 rings (SSSR count). The lowest BCUT2D eigenvalue weighted by Crippen LogP contribution is -2.28. The second-order valence-corrected chi connectivity index (χ2v) is 7.46. The van der Waals surface area contributed by atoms with Gasteiger partial charge in [-0.15, -0.1) is 0 Å². The number of aromatic nitrogens is 2. The summed E-state index contributed by atoms with van der Waals surface area (Å²) < 4.78 is 27.4. The molecule has 2 N–H and O–H groups in total. The molecular formula is C16H18N4O3S. The molecule has 1 saturated carbocycles. The number of rotatable bonds is 6. The monoisotopic (exact) mass is 346 g/mol. The molecule has 0 saturated heterocycles. The van der Waals surface area contributed by atoms with E-state index in [9.17, 15) is 13.2 Å². The smallest absolute Gasteiger partial charge is 0.251 e. The summed E-state index contributed by atoms with van der Waals surface area (Å²) in [6.45, 7) is 1.71. The van der Waals surface area contributed by atoms with Gasteiger partial charge < -0.3 is 5.32 Å². The van der Waals surface area contributed by atoms with Gasteiger partial charge in [-0.05, 0) is 50.1 Å². The fraction of sp³-hybridized carbons (Fsp3) is 0.312. The zero-order valence-corrected chi connectivity index (χ0v) is 14.0. The van der Waals surface area contributed by atoms with Crippen molar-refractivity contribution in [2.24, 2.45) is 0 Å². The first-order valence-electron chi connectivity index (χ1n) is 7.65. The Labute approximate surface area is 140 Å². The highest BCUT2D eigenvalue weighted by Gasteiger charge is 2.24. The van der Waals surface area contributed by atoms with E-state index in [1.165, 1.54) is 30.6 Å². The molecule has 0 bridgehead atoms. The van der Waals surface area contributed by atoms with Crippen LogP contribution in [0.4, 0.5) is 0 Å². The first-order chi connectivity index (χ1) is 11.5. The third-order valence-electron chi connectivity index (χ3n) is 3.72. The minimum atomic E-state index is -3.70. The number of benzene rings is 1. The fourth-order valence-electron chi connectivity index (χ4n) is 2.20. The van der Waals surface area contributed by atoms with Gasteiger partial charge in [0.1, 0.15) is 6.33 Å². The van der Waals surface area contributed by atoms with Gasteiger partial charge in [0.15, 0.2) is 0 Å². The summed E-state index contributed by atoms with van der Waals surface area (Å²) in [6, 6.07) is 7.31. The maximum Gasteiger partial charge on any atom is 0.251 e. The molecule has 24 heavy (non-hydrogen) atoms. The lowest BCUT2D eigenvalue weighted by molar-refractivity contribution is 0.0951. The van der Waals surface area contributed by atoms with E-state index in [0.717, 1.165) is 12.8 Å². The van der Waals surface area contributed by atoms with Crippen LogP contribution in [0.3, 0.4) is 0 Å². The SMILES string of the molecule is C[C@H](NS(=O)(=O)c1ccc(C(=O)NC2CC2)cc1)c1ccncn1. The molecular weight excluding hydrogens is 328 g/mol. The van der Waals surface area contributed by atoms with Crippen LogP contribution in [-0.2, 0) is 10.0 Å². The van der Waals surface area contributed by atoms with E-state index in [1.807, 2.05) is 0 Å². The van der Waals surface area contributed by atoms with E-state index in [0.29, 0.717) is 11.3 Å². The maximum absolute atomic E-state index is 12.4. The van der Waals surface area contributed by atoms with Crippen LogP contribution in [0.15, 0.2) is 47.8 Å². The van der Waals surface area contributed by atoms with Crippen LogP contribution in [0.25, 0.3) is 0 Å². The second kappa shape index (κ2) is 6.66. The lowest BCUT2D eigenvalue weighted by atomic mass is 10.2. The summed E-state index contributed by atoms with van der Waals surface area (Å²) in [6.07, 6.45) is 4.93. The molecule has 1 atom stereocenters. The third-order valence-corrected chi connectivity index (χ3v) is 5.28. The normalized spacial score (nSPS) is 15.7. The fourth-order valence-corrected chi connectivity index (χ4v) is 3.42. The van der Waals surface area contributed by atoms with Crippen LogP contribution in [-0.4, -0.2) is 30.3 Å². The minimum Gasteiger partial charge on any atom is -0.349 e. The van der Waals surface area contributed by atoms with Gasteiger partial charge in [0.2, 0.25) is 10.0 Å². The molecule has 126 valence electrons. The van der Waals surface area contributed by atoms with E-state index in [-0.39, 0.29) is 16.8 Å². The van der Waals surface area contributed by atoms with Crippen LogP contribution >= 0.6 is 0 Å². The first kappa shape index (κ1) is 16.5. The Morgan fingerprint density at radius 2 is 1.92 bits per heavy atom. The van der Waals surface area contributed by atoms with Crippen molar-refractivity contribution in [2.45, 2.75) is 36.7 Å². The number of hydrogen-bond acceptors (Lipinski definition) is 5. The number of nitrogens with zero attached hydrogens (tertiary/aromatic N) is 2. The molecule has 0 radical (unpaired) electrons. The van der Waals surface area contributed by atoms with Gasteiger partial charge in [0.05, 0.1) is 16.6 Å². The molecule has 1 aliphatic rings. The Morgan fingerprint density at radius 3 is 2.50 bits per heavy atom. The molecule has 1 aromatic carbocycles. The van der Waals surface area contributed by atoms with Crippen molar-refractivity contribution < 1.29 is 13.2 Å². The van der Waals surface area contributed by atoms with Crippen molar-refractivity contribution in [3.63, 3.8) is 0 Å². The largest absolute Gasteiger partial charge is 0.349 e. The molecule has 0 unspecified atom stereocenters. The van der Waals surface area contributed by atoms with Crippen molar-refractivity contribution in [3.8, 4) is 0 Å². The van der Waals surface area contributed by atoms with Crippen LogP contribution in [0.1, 0.15) is 41.9 Å². The zero-order chi connectivity index (χ0) is 17.2. The Kier molecular flexibility index (Phi) is 4.59. The second-order valence-electron chi connectivity index (χ2n) is 5.75. The van der Waals surface area contributed by atoms with Gasteiger partial charge in [-0.25, -0.2) is 23.1 Å². The van der Waals surface area contributed by atoms with Crippen molar-refractivity contribution in [3.05, 3.63) is 54.1 Å². The van der Waals surface area contributed by atoms with Gasteiger partial charge in [-0.3, -0.25) is 4.79 Å². The number of sulfonamides is 1. The summed E-state index contributed by atoms with van der Waals surface area (Å²) in [7, 11) is -3.70. The van der Waals surface area contributed by atoms with Gasteiger partial charge >= 0.3 is 0 Å². The third kappa shape index (κ3) is 3.95. The van der Waals surface area contributed by atoms with Crippen molar-refractivity contribution >= 4 is 15.9 Å². The molecule has 2 aromatic rings. The van der Waals surface area contributed by atoms with Crippen LogP contribution in [0.2, 0.25) is 0 Å².